The molecule has 1 unspecified atom stereocenters. The Morgan fingerprint density at radius 3 is 2.83 bits per heavy atom. The molecule has 1 atom stereocenters. The van der Waals surface area contributed by atoms with Crippen molar-refractivity contribution in [3.05, 3.63) is 22.4 Å². The third-order valence-corrected chi connectivity index (χ3v) is 3.75. The summed E-state index contributed by atoms with van der Waals surface area (Å²) in [4.78, 5) is 11.1. The van der Waals surface area contributed by atoms with Gasteiger partial charge in [0.05, 0.1) is 0 Å². The molecule has 0 saturated heterocycles. The van der Waals surface area contributed by atoms with Crippen LogP contribution in [0.4, 0.5) is 0 Å². The topological polar surface area (TPSA) is 17.1 Å². The van der Waals surface area contributed by atoms with Crippen LogP contribution in [0.2, 0.25) is 0 Å². The normalized spacial score (nSPS) is 15.6. The quantitative estimate of drug-likeness (QED) is 0.612. The molecule has 4 heteroatoms. The smallest absolute Gasteiger partial charge is 0.241 e. The summed E-state index contributed by atoms with van der Waals surface area (Å²) >= 11 is 11.3. The van der Waals surface area contributed by atoms with Gasteiger partial charge in [-0.1, -0.05) is 6.92 Å². The number of rotatable bonds is 3. The van der Waals surface area contributed by atoms with Gasteiger partial charge < -0.3 is 0 Å². The summed E-state index contributed by atoms with van der Waals surface area (Å²) in [6, 6.07) is 1.88. The van der Waals surface area contributed by atoms with Crippen molar-refractivity contribution >= 4 is 40.8 Å². The standard InChI is InChI=1S/C8H9ClOS2/c1-2-8(11,7(9)10)6-3-4-12-5-6/h3-5,11H,2H2,1H3. The molecule has 0 aromatic carbocycles. The van der Waals surface area contributed by atoms with Crippen LogP contribution in [0.1, 0.15) is 18.9 Å². The van der Waals surface area contributed by atoms with E-state index in [2.05, 4.69) is 12.6 Å². The maximum Gasteiger partial charge on any atom is 0.241 e. The van der Waals surface area contributed by atoms with Gasteiger partial charge in [0.1, 0.15) is 4.75 Å². The summed E-state index contributed by atoms with van der Waals surface area (Å²) in [6.45, 7) is 1.89. The summed E-state index contributed by atoms with van der Waals surface area (Å²) in [5.41, 5.74) is 0.887. The molecule has 1 rings (SSSR count). The van der Waals surface area contributed by atoms with Gasteiger partial charge in [0.25, 0.3) is 0 Å². The lowest BCUT2D eigenvalue weighted by molar-refractivity contribution is -0.114. The maximum atomic E-state index is 11.1. The van der Waals surface area contributed by atoms with Crippen LogP contribution in [-0.2, 0) is 9.54 Å². The molecule has 0 saturated carbocycles. The van der Waals surface area contributed by atoms with Crippen LogP contribution < -0.4 is 0 Å². The number of thiophene rings is 1. The molecule has 0 amide bonds. The van der Waals surface area contributed by atoms with E-state index in [1.807, 2.05) is 23.8 Å². The summed E-state index contributed by atoms with van der Waals surface area (Å²) in [5.74, 6) is 0. The van der Waals surface area contributed by atoms with Crippen LogP contribution in [0.3, 0.4) is 0 Å². The molecule has 0 spiro atoms. The van der Waals surface area contributed by atoms with E-state index in [1.165, 1.54) is 11.3 Å². The minimum atomic E-state index is -0.804. The Morgan fingerprint density at radius 1 is 1.83 bits per heavy atom. The highest BCUT2D eigenvalue weighted by Gasteiger charge is 2.33. The average Bonchev–Trinajstić information content (AvgIpc) is 2.54. The number of carbonyl (C=O) groups is 1. The predicted octanol–water partition coefficient (Wildman–Crippen LogP) is 3.05. The van der Waals surface area contributed by atoms with E-state index in [-0.39, 0.29) is 0 Å². The molecule has 66 valence electrons. The van der Waals surface area contributed by atoms with Crippen molar-refractivity contribution in [1.29, 1.82) is 0 Å². The van der Waals surface area contributed by atoms with Crippen LogP contribution in [0, 0.1) is 0 Å². The zero-order valence-corrected chi connectivity index (χ0v) is 9.05. The second-order valence-electron chi connectivity index (χ2n) is 2.50. The number of hydrogen-bond acceptors (Lipinski definition) is 3. The van der Waals surface area contributed by atoms with Crippen LogP contribution >= 0.6 is 35.6 Å². The fourth-order valence-corrected chi connectivity index (χ4v) is 2.16. The van der Waals surface area contributed by atoms with Gasteiger partial charge >= 0.3 is 0 Å². The van der Waals surface area contributed by atoms with E-state index in [4.69, 9.17) is 11.6 Å². The van der Waals surface area contributed by atoms with Gasteiger partial charge in [-0.15, -0.1) is 0 Å². The second kappa shape index (κ2) is 3.81. The van der Waals surface area contributed by atoms with Crippen LogP contribution in [0.15, 0.2) is 16.8 Å². The van der Waals surface area contributed by atoms with E-state index >= 15 is 0 Å². The van der Waals surface area contributed by atoms with Gasteiger partial charge in [0.15, 0.2) is 0 Å². The zero-order chi connectivity index (χ0) is 9.19. The largest absolute Gasteiger partial charge is 0.279 e. The zero-order valence-electron chi connectivity index (χ0n) is 6.58. The number of carbonyl (C=O) groups excluding carboxylic acids is 1. The first-order valence-electron chi connectivity index (χ1n) is 3.56. The van der Waals surface area contributed by atoms with Crippen LogP contribution in [0.25, 0.3) is 0 Å². The molecule has 0 aliphatic heterocycles. The molecule has 0 fully saturated rings. The molecule has 1 nitrogen and oxygen atoms in total. The monoisotopic (exact) mass is 220 g/mol. The first-order chi connectivity index (χ1) is 5.61. The van der Waals surface area contributed by atoms with Crippen LogP contribution in [-0.4, -0.2) is 5.24 Å². The Kier molecular flexibility index (Phi) is 3.21. The summed E-state index contributed by atoms with van der Waals surface area (Å²) in [5, 5.41) is 3.40. The lowest BCUT2D eigenvalue weighted by Crippen LogP contribution is -2.24. The number of halogens is 1. The SMILES string of the molecule is CCC(S)(C(=O)Cl)c1ccsc1. The highest BCUT2D eigenvalue weighted by molar-refractivity contribution is 7.82. The Hall–Kier alpha value is 0.01000. The fraction of sp³-hybridized carbons (Fsp3) is 0.375. The minimum Gasteiger partial charge on any atom is -0.279 e. The van der Waals surface area contributed by atoms with Crippen molar-refractivity contribution in [2.24, 2.45) is 0 Å². The average molecular weight is 221 g/mol. The first-order valence-corrected chi connectivity index (χ1v) is 5.33. The molecule has 1 heterocycles. The molecule has 0 aliphatic rings. The minimum absolute atomic E-state index is 0.410. The van der Waals surface area contributed by atoms with Gasteiger partial charge in [-0.25, -0.2) is 0 Å². The third-order valence-electron chi connectivity index (χ3n) is 1.84. The van der Waals surface area contributed by atoms with E-state index in [0.29, 0.717) is 6.42 Å². The Morgan fingerprint density at radius 2 is 2.50 bits per heavy atom. The van der Waals surface area contributed by atoms with Crippen molar-refractivity contribution < 1.29 is 4.79 Å². The van der Waals surface area contributed by atoms with Gasteiger partial charge in [-0.2, -0.15) is 24.0 Å². The van der Waals surface area contributed by atoms with Gasteiger partial charge in [0, 0.05) is 0 Å². The number of hydrogen-bond donors (Lipinski definition) is 1. The Labute approximate surface area is 86.2 Å². The summed E-state index contributed by atoms with van der Waals surface area (Å²) in [6.07, 6.45) is 0.606. The predicted molar refractivity (Wildman–Crippen MR) is 56.1 cm³/mol. The second-order valence-corrected chi connectivity index (χ2v) is 4.39. The summed E-state index contributed by atoms with van der Waals surface area (Å²) < 4.78 is -0.804. The molecule has 0 N–H and O–H groups in total. The van der Waals surface area contributed by atoms with E-state index in [9.17, 15) is 4.79 Å². The lowest BCUT2D eigenvalue weighted by atomic mass is 10.00. The molecule has 12 heavy (non-hydrogen) atoms. The van der Waals surface area contributed by atoms with Gasteiger partial charge in [0.2, 0.25) is 5.24 Å². The van der Waals surface area contributed by atoms with Crippen molar-refractivity contribution in [2.75, 3.05) is 0 Å². The molecule has 0 aliphatic carbocycles. The van der Waals surface area contributed by atoms with Crippen molar-refractivity contribution in [3.8, 4) is 0 Å². The Bertz CT molecular complexity index is 271. The first kappa shape index (κ1) is 10.1. The van der Waals surface area contributed by atoms with Gasteiger partial charge in [-0.05, 0) is 40.4 Å². The molecular formula is C8H9ClOS2. The molecule has 1 aromatic heterocycles. The summed E-state index contributed by atoms with van der Waals surface area (Å²) in [7, 11) is 0. The van der Waals surface area contributed by atoms with E-state index in [0.717, 1.165) is 5.56 Å². The third kappa shape index (κ3) is 1.68. The lowest BCUT2D eigenvalue weighted by Gasteiger charge is -2.20. The molecule has 0 radical (unpaired) electrons. The van der Waals surface area contributed by atoms with Crippen molar-refractivity contribution in [1.82, 2.24) is 0 Å². The Balaban J connectivity index is 3.04. The van der Waals surface area contributed by atoms with Gasteiger partial charge in [-0.3, -0.25) is 4.79 Å². The van der Waals surface area contributed by atoms with Crippen molar-refractivity contribution in [3.63, 3.8) is 0 Å². The van der Waals surface area contributed by atoms with Crippen LogP contribution in [0.5, 0.6) is 0 Å². The highest BCUT2D eigenvalue weighted by Crippen LogP contribution is 2.35. The van der Waals surface area contributed by atoms with E-state index < -0.39 is 9.99 Å². The highest BCUT2D eigenvalue weighted by atomic mass is 35.5. The molecule has 1 aromatic rings. The fourth-order valence-electron chi connectivity index (χ4n) is 0.956. The molecule has 0 bridgehead atoms. The number of thiol groups is 1. The molecular weight excluding hydrogens is 212 g/mol. The van der Waals surface area contributed by atoms with Crippen molar-refractivity contribution in [2.45, 2.75) is 18.1 Å². The van der Waals surface area contributed by atoms with E-state index in [1.54, 1.807) is 0 Å². The maximum absolute atomic E-state index is 11.1.